The van der Waals surface area contributed by atoms with Crippen molar-refractivity contribution in [1.29, 1.82) is 0 Å². The molecule has 2 aromatic rings. The van der Waals surface area contributed by atoms with Gasteiger partial charge in [0.05, 0.1) is 16.9 Å². The number of carbonyl (C=O) groups excluding carboxylic acids is 1. The number of hydroxylamine groups is 1. The number of hydrogen-bond acceptors (Lipinski definition) is 4. The van der Waals surface area contributed by atoms with Gasteiger partial charge in [-0.15, -0.1) is 0 Å². The Morgan fingerprint density at radius 1 is 1.26 bits per heavy atom. The lowest BCUT2D eigenvalue weighted by Crippen LogP contribution is -2.30. The van der Waals surface area contributed by atoms with Crippen LogP contribution in [0.25, 0.3) is 0 Å². The van der Waals surface area contributed by atoms with E-state index >= 15 is 0 Å². The third kappa shape index (κ3) is 4.53. The standard InChI is InChI=1S/C18H16F3IN2O3/c1-9-6-10(22)2-3-13(9)23-16-11(7-12(19)14(20)15(16)21)17(25)24-27-8-18(26)4-5-18/h2-3,6-7,23,26H,4-5,8H2,1H3,(H,24,25). The van der Waals surface area contributed by atoms with E-state index in [9.17, 15) is 23.1 Å². The molecule has 0 heterocycles. The minimum Gasteiger partial charge on any atom is -0.387 e. The Bertz CT molecular complexity index is 904. The van der Waals surface area contributed by atoms with Crippen LogP contribution >= 0.6 is 22.6 Å². The van der Waals surface area contributed by atoms with Gasteiger partial charge in [-0.25, -0.2) is 18.7 Å². The molecule has 1 saturated carbocycles. The highest BCUT2D eigenvalue weighted by Gasteiger charge is 2.41. The molecule has 144 valence electrons. The molecule has 1 aliphatic carbocycles. The molecule has 0 unspecified atom stereocenters. The van der Waals surface area contributed by atoms with E-state index in [4.69, 9.17) is 4.84 Å². The molecule has 0 spiro atoms. The number of nitrogens with one attached hydrogen (secondary N) is 2. The van der Waals surface area contributed by atoms with Crippen LogP contribution in [0.15, 0.2) is 24.3 Å². The van der Waals surface area contributed by atoms with Gasteiger partial charge in [-0.3, -0.25) is 9.63 Å². The Hall–Kier alpha value is -1.85. The summed E-state index contributed by atoms with van der Waals surface area (Å²) in [4.78, 5) is 17.2. The van der Waals surface area contributed by atoms with Crippen molar-refractivity contribution in [3.63, 3.8) is 0 Å². The predicted molar refractivity (Wildman–Crippen MR) is 101 cm³/mol. The molecule has 0 saturated heterocycles. The fraction of sp³-hybridized carbons (Fsp3) is 0.278. The fourth-order valence-corrected chi connectivity index (χ4v) is 3.02. The largest absolute Gasteiger partial charge is 0.387 e. The van der Waals surface area contributed by atoms with Gasteiger partial charge in [0.2, 0.25) is 0 Å². The number of carbonyl (C=O) groups is 1. The lowest BCUT2D eigenvalue weighted by molar-refractivity contribution is -0.0230. The highest BCUT2D eigenvalue weighted by Crippen LogP contribution is 2.35. The number of hydrogen-bond donors (Lipinski definition) is 3. The van der Waals surface area contributed by atoms with Crippen LogP contribution in [0.3, 0.4) is 0 Å². The van der Waals surface area contributed by atoms with Crippen LogP contribution < -0.4 is 10.8 Å². The van der Waals surface area contributed by atoms with E-state index in [0.717, 1.165) is 9.13 Å². The third-order valence-corrected chi connectivity index (χ3v) is 4.86. The maximum atomic E-state index is 14.4. The van der Waals surface area contributed by atoms with Crippen molar-refractivity contribution in [2.75, 3.05) is 11.9 Å². The van der Waals surface area contributed by atoms with Gasteiger partial charge >= 0.3 is 0 Å². The monoisotopic (exact) mass is 492 g/mol. The molecule has 2 aromatic carbocycles. The van der Waals surface area contributed by atoms with Crippen LogP contribution in [0.1, 0.15) is 28.8 Å². The molecule has 27 heavy (non-hydrogen) atoms. The molecule has 0 bridgehead atoms. The smallest absolute Gasteiger partial charge is 0.277 e. The fourth-order valence-electron chi connectivity index (χ4n) is 2.38. The number of aliphatic hydroxyl groups is 1. The van der Waals surface area contributed by atoms with E-state index in [1.165, 1.54) is 0 Å². The molecular weight excluding hydrogens is 476 g/mol. The second kappa shape index (κ2) is 7.64. The number of halogens is 4. The molecule has 9 heteroatoms. The number of rotatable bonds is 6. The van der Waals surface area contributed by atoms with Gasteiger partial charge in [-0.05, 0) is 72.2 Å². The Morgan fingerprint density at radius 2 is 1.96 bits per heavy atom. The van der Waals surface area contributed by atoms with E-state index < -0.39 is 40.2 Å². The van der Waals surface area contributed by atoms with Crippen molar-refractivity contribution >= 4 is 39.9 Å². The maximum Gasteiger partial charge on any atom is 0.277 e. The highest BCUT2D eigenvalue weighted by molar-refractivity contribution is 14.1. The van der Waals surface area contributed by atoms with E-state index in [1.807, 2.05) is 5.48 Å². The minimum absolute atomic E-state index is 0.149. The maximum absolute atomic E-state index is 14.4. The minimum atomic E-state index is -1.69. The molecule has 0 aliphatic heterocycles. The lowest BCUT2D eigenvalue weighted by Gasteiger charge is -2.16. The van der Waals surface area contributed by atoms with Crippen LogP contribution in [0.2, 0.25) is 0 Å². The predicted octanol–water partition coefficient (Wildman–Crippen LogP) is 3.95. The molecule has 1 amide bonds. The summed E-state index contributed by atoms with van der Waals surface area (Å²) in [7, 11) is 0. The van der Waals surface area contributed by atoms with Gasteiger partial charge in [0, 0.05) is 9.26 Å². The number of anilines is 2. The van der Waals surface area contributed by atoms with Gasteiger partial charge < -0.3 is 10.4 Å². The summed E-state index contributed by atoms with van der Waals surface area (Å²) in [5, 5.41) is 12.3. The van der Waals surface area contributed by atoms with Gasteiger partial charge in [-0.1, -0.05) is 0 Å². The Kier molecular flexibility index (Phi) is 5.63. The number of amides is 1. The van der Waals surface area contributed by atoms with Gasteiger partial charge in [0.25, 0.3) is 5.91 Å². The second-order valence-electron chi connectivity index (χ2n) is 6.44. The van der Waals surface area contributed by atoms with Crippen LogP contribution in [0, 0.1) is 27.9 Å². The zero-order chi connectivity index (χ0) is 19.8. The quantitative estimate of drug-likeness (QED) is 0.325. The average molecular weight is 492 g/mol. The van der Waals surface area contributed by atoms with Gasteiger partial charge in [0.1, 0.15) is 6.61 Å². The first-order valence-corrected chi connectivity index (χ1v) is 9.13. The summed E-state index contributed by atoms with van der Waals surface area (Å²) in [5.41, 5.74) is 1.23. The first-order chi connectivity index (χ1) is 12.7. The van der Waals surface area contributed by atoms with Crippen molar-refractivity contribution < 1.29 is 27.9 Å². The summed E-state index contributed by atoms with van der Waals surface area (Å²) in [6, 6.07) is 5.78. The van der Waals surface area contributed by atoms with E-state index in [1.54, 1.807) is 25.1 Å². The van der Waals surface area contributed by atoms with Gasteiger partial charge in [0.15, 0.2) is 17.5 Å². The molecule has 0 aromatic heterocycles. The van der Waals surface area contributed by atoms with Crippen LogP contribution in [-0.4, -0.2) is 23.2 Å². The molecule has 1 fully saturated rings. The first-order valence-electron chi connectivity index (χ1n) is 8.05. The molecule has 3 rings (SSSR count). The topological polar surface area (TPSA) is 70.6 Å². The van der Waals surface area contributed by atoms with Crippen molar-refractivity contribution in [2.45, 2.75) is 25.4 Å². The summed E-state index contributed by atoms with van der Waals surface area (Å²) in [6.07, 6.45) is 1.09. The Morgan fingerprint density at radius 3 is 2.59 bits per heavy atom. The summed E-state index contributed by atoms with van der Waals surface area (Å²) >= 11 is 2.10. The number of aryl methyl sites for hydroxylation is 1. The molecule has 5 nitrogen and oxygen atoms in total. The zero-order valence-corrected chi connectivity index (χ0v) is 16.4. The van der Waals surface area contributed by atoms with Crippen molar-refractivity contribution in [3.8, 4) is 0 Å². The van der Waals surface area contributed by atoms with Crippen molar-refractivity contribution in [1.82, 2.24) is 5.48 Å². The van der Waals surface area contributed by atoms with Crippen molar-refractivity contribution in [3.05, 3.63) is 56.4 Å². The van der Waals surface area contributed by atoms with Crippen LogP contribution in [-0.2, 0) is 4.84 Å². The van der Waals surface area contributed by atoms with Crippen LogP contribution in [0.5, 0.6) is 0 Å². The Balaban J connectivity index is 1.88. The zero-order valence-electron chi connectivity index (χ0n) is 14.2. The highest BCUT2D eigenvalue weighted by atomic mass is 127. The molecule has 0 radical (unpaired) electrons. The Labute approximate surface area is 167 Å². The molecule has 0 atom stereocenters. The molecule has 3 N–H and O–H groups in total. The van der Waals surface area contributed by atoms with Crippen molar-refractivity contribution in [2.24, 2.45) is 0 Å². The molecular formula is C18H16F3IN2O3. The second-order valence-corrected chi connectivity index (χ2v) is 7.68. The van der Waals surface area contributed by atoms with E-state index in [0.29, 0.717) is 24.6 Å². The summed E-state index contributed by atoms with van der Waals surface area (Å²) in [6.45, 7) is 1.60. The van der Waals surface area contributed by atoms with Gasteiger partial charge in [-0.2, -0.15) is 0 Å². The summed E-state index contributed by atoms with van der Waals surface area (Å²) in [5.74, 6) is -5.67. The third-order valence-electron chi connectivity index (χ3n) is 4.19. The van der Waals surface area contributed by atoms with Crippen LogP contribution in [0.4, 0.5) is 24.5 Å². The first kappa shape index (κ1) is 19.9. The number of benzene rings is 2. The lowest BCUT2D eigenvalue weighted by atomic mass is 10.1. The van der Waals surface area contributed by atoms with E-state index in [2.05, 4.69) is 27.9 Å². The molecule has 1 aliphatic rings. The normalized spacial score (nSPS) is 14.7. The summed E-state index contributed by atoms with van der Waals surface area (Å²) < 4.78 is 42.7. The van der Waals surface area contributed by atoms with E-state index in [-0.39, 0.29) is 6.61 Å². The average Bonchev–Trinajstić information content (AvgIpc) is 3.34. The SMILES string of the molecule is Cc1cc(I)ccc1Nc1c(C(=O)NOCC2(O)CC2)cc(F)c(F)c1F.